The standard InChI is InChI=1S/C17H20N2O4/c1-10(17(21)22)16-11(2)18-19(12(16)3)8-14-7-13(9-20)5-6-15(14)23-4/h5-7,9-10H,8H2,1-4H3,(H,21,22). The first-order valence-electron chi connectivity index (χ1n) is 7.27. The highest BCUT2D eigenvalue weighted by atomic mass is 16.5. The third-order valence-electron chi connectivity index (χ3n) is 4.00. The summed E-state index contributed by atoms with van der Waals surface area (Å²) in [5.41, 5.74) is 3.60. The first-order chi connectivity index (χ1) is 10.9. The molecular formula is C17H20N2O4. The van der Waals surface area contributed by atoms with Crippen LogP contribution in [0.1, 0.15) is 45.7 Å². The topological polar surface area (TPSA) is 81.4 Å². The van der Waals surface area contributed by atoms with Crippen molar-refractivity contribution < 1.29 is 19.4 Å². The Labute approximate surface area is 134 Å². The number of hydrogen-bond donors (Lipinski definition) is 1. The number of carbonyl (C=O) groups excluding carboxylic acids is 1. The summed E-state index contributed by atoms with van der Waals surface area (Å²) in [6.45, 7) is 5.71. The van der Waals surface area contributed by atoms with Crippen molar-refractivity contribution in [2.75, 3.05) is 7.11 Å². The number of ether oxygens (including phenoxy) is 1. The van der Waals surface area contributed by atoms with Gasteiger partial charge in [0.05, 0.1) is 25.3 Å². The number of aromatic nitrogens is 2. The summed E-state index contributed by atoms with van der Waals surface area (Å²) < 4.78 is 7.08. The molecule has 6 heteroatoms. The third kappa shape index (κ3) is 3.26. The van der Waals surface area contributed by atoms with Gasteiger partial charge in [0.25, 0.3) is 0 Å². The van der Waals surface area contributed by atoms with E-state index in [4.69, 9.17) is 4.74 Å². The number of carboxylic acids is 1. The predicted molar refractivity (Wildman–Crippen MR) is 85.2 cm³/mol. The zero-order chi connectivity index (χ0) is 17.1. The minimum Gasteiger partial charge on any atom is -0.496 e. The van der Waals surface area contributed by atoms with Crippen molar-refractivity contribution in [3.8, 4) is 5.75 Å². The molecule has 0 spiro atoms. The fraction of sp³-hybridized carbons (Fsp3) is 0.353. The Balaban J connectivity index is 2.44. The maximum atomic E-state index is 11.3. The molecule has 1 aromatic heterocycles. The molecule has 0 aliphatic carbocycles. The van der Waals surface area contributed by atoms with Gasteiger partial charge in [-0.3, -0.25) is 14.3 Å². The van der Waals surface area contributed by atoms with Gasteiger partial charge in [-0.2, -0.15) is 5.10 Å². The minimum atomic E-state index is -0.878. The van der Waals surface area contributed by atoms with Gasteiger partial charge in [-0.15, -0.1) is 0 Å². The Kier molecular flexibility index (Phi) is 4.83. The van der Waals surface area contributed by atoms with Crippen molar-refractivity contribution in [2.45, 2.75) is 33.2 Å². The van der Waals surface area contributed by atoms with Gasteiger partial charge in [-0.25, -0.2) is 0 Å². The maximum Gasteiger partial charge on any atom is 0.310 e. The zero-order valence-corrected chi connectivity index (χ0v) is 13.7. The number of carbonyl (C=O) groups is 2. The molecule has 0 saturated heterocycles. The van der Waals surface area contributed by atoms with Crippen LogP contribution in [-0.2, 0) is 11.3 Å². The van der Waals surface area contributed by atoms with Gasteiger partial charge >= 0.3 is 5.97 Å². The maximum absolute atomic E-state index is 11.3. The molecule has 6 nitrogen and oxygen atoms in total. The fourth-order valence-electron chi connectivity index (χ4n) is 2.77. The lowest BCUT2D eigenvalue weighted by molar-refractivity contribution is -0.138. The smallest absolute Gasteiger partial charge is 0.310 e. The summed E-state index contributed by atoms with van der Waals surface area (Å²) in [4.78, 5) is 22.2. The Hall–Kier alpha value is -2.63. The molecule has 0 aliphatic heterocycles. The van der Waals surface area contributed by atoms with E-state index in [2.05, 4.69) is 5.10 Å². The monoisotopic (exact) mass is 316 g/mol. The second kappa shape index (κ2) is 6.64. The Morgan fingerprint density at radius 2 is 2.13 bits per heavy atom. The number of carboxylic acid groups (broad SMARTS) is 1. The van der Waals surface area contributed by atoms with Crippen LogP contribution < -0.4 is 4.74 Å². The van der Waals surface area contributed by atoms with Gasteiger partial charge in [0.1, 0.15) is 12.0 Å². The van der Waals surface area contributed by atoms with Crippen LogP contribution in [0.5, 0.6) is 5.75 Å². The normalized spacial score (nSPS) is 12.0. The third-order valence-corrected chi connectivity index (χ3v) is 4.00. The first-order valence-corrected chi connectivity index (χ1v) is 7.27. The van der Waals surface area contributed by atoms with Gasteiger partial charge in [-0.1, -0.05) is 0 Å². The van der Waals surface area contributed by atoms with E-state index in [0.29, 0.717) is 23.6 Å². The van der Waals surface area contributed by atoms with E-state index in [-0.39, 0.29) is 0 Å². The molecule has 2 aromatic rings. The molecule has 122 valence electrons. The lowest BCUT2D eigenvalue weighted by atomic mass is 9.99. The van der Waals surface area contributed by atoms with Crippen LogP contribution in [0.2, 0.25) is 0 Å². The SMILES string of the molecule is COc1ccc(C=O)cc1Cn1nc(C)c(C(C)C(=O)O)c1C. The minimum absolute atomic E-state index is 0.407. The van der Waals surface area contributed by atoms with Gasteiger partial charge in [-0.05, 0) is 39.0 Å². The first kappa shape index (κ1) is 16.7. The summed E-state index contributed by atoms with van der Waals surface area (Å²) in [7, 11) is 1.57. The number of aldehydes is 1. The number of benzene rings is 1. The Morgan fingerprint density at radius 1 is 1.43 bits per heavy atom. The largest absolute Gasteiger partial charge is 0.496 e. The number of methoxy groups -OCH3 is 1. The molecule has 1 N–H and O–H groups in total. The summed E-state index contributed by atoms with van der Waals surface area (Å²) in [6.07, 6.45) is 0.780. The van der Waals surface area contributed by atoms with E-state index in [0.717, 1.165) is 23.1 Å². The van der Waals surface area contributed by atoms with Crippen molar-refractivity contribution in [1.29, 1.82) is 0 Å². The summed E-state index contributed by atoms with van der Waals surface area (Å²) in [6, 6.07) is 5.18. The number of hydrogen-bond acceptors (Lipinski definition) is 4. The molecule has 23 heavy (non-hydrogen) atoms. The van der Waals surface area contributed by atoms with Crippen molar-refractivity contribution in [3.63, 3.8) is 0 Å². The number of nitrogens with zero attached hydrogens (tertiary/aromatic N) is 2. The average Bonchev–Trinajstić information content (AvgIpc) is 2.80. The lowest BCUT2D eigenvalue weighted by Crippen LogP contribution is -2.10. The van der Waals surface area contributed by atoms with Crippen LogP contribution in [-0.4, -0.2) is 34.3 Å². The van der Waals surface area contributed by atoms with E-state index in [1.54, 1.807) is 43.8 Å². The van der Waals surface area contributed by atoms with E-state index in [1.807, 2.05) is 6.92 Å². The van der Waals surface area contributed by atoms with Crippen LogP contribution in [0.15, 0.2) is 18.2 Å². The van der Waals surface area contributed by atoms with Gasteiger partial charge in [0, 0.05) is 22.4 Å². The molecule has 0 aliphatic rings. The summed E-state index contributed by atoms with van der Waals surface area (Å²) >= 11 is 0. The molecule has 0 radical (unpaired) electrons. The molecule has 1 unspecified atom stereocenters. The molecule has 1 heterocycles. The van der Waals surface area contributed by atoms with Crippen molar-refractivity contribution in [1.82, 2.24) is 9.78 Å². The summed E-state index contributed by atoms with van der Waals surface area (Å²) in [5.74, 6) is -0.834. The lowest BCUT2D eigenvalue weighted by Gasteiger charge is -2.11. The number of aryl methyl sites for hydroxylation is 1. The van der Waals surface area contributed by atoms with Gasteiger partial charge in [0.15, 0.2) is 0 Å². The number of aliphatic carboxylic acids is 1. The van der Waals surface area contributed by atoms with Crippen LogP contribution in [0.25, 0.3) is 0 Å². The Morgan fingerprint density at radius 3 is 2.70 bits per heavy atom. The quantitative estimate of drug-likeness (QED) is 0.828. The summed E-state index contributed by atoms with van der Waals surface area (Å²) in [5, 5.41) is 13.7. The van der Waals surface area contributed by atoms with Crippen LogP contribution in [0.3, 0.4) is 0 Å². The molecule has 0 amide bonds. The molecule has 2 rings (SSSR count). The second-order valence-corrected chi connectivity index (χ2v) is 5.49. The molecule has 1 atom stereocenters. The van der Waals surface area contributed by atoms with Gasteiger partial charge in [0.2, 0.25) is 0 Å². The van der Waals surface area contributed by atoms with Gasteiger partial charge < -0.3 is 9.84 Å². The highest BCUT2D eigenvalue weighted by molar-refractivity contribution is 5.76. The predicted octanol–water partition coefficient (Wildman–Crippen LogP) is 2.56. The van der Waals surface area contributed by atoms with Crippen LogP contribution in [0, 0.1) is 13.8 Å². The van der Waals surface area contributed by atoms with E-state index in [1.165, 1.54) is 0 Å². The fourth-order valence-corrected chi connectivity index (χ4v) is 2.77. The number of rotatable bonds is 6. The zero-order valence-electron chi connectivity index (χ0n) is 13.7. The van der Waals surface area contributed by atoms with E-state index < -0.39 is 11.9 Å². The van der Waals surface area contributed by atoms with Crippen molar-refractivity contribution in [3.05, 3.63) is 46.3 Å². The van der Waals surface area contributed by atoms with Crippen LogP contribution in [0.4, 0.5) is 0 Å². The molecule has 0 bridgehead atoms. The highest BCUT2D eigenvalue weighted by Crippen LogP contribution is 2.26. The molecule has 0 fully saturated rings. The molecular weight excluding hydrogens is 296 g/mol. The van der Waals surface area contributed by atoms with Crippen LogP contribution >= 0.6 is 0 Å². The average molecular weight is 316 g/mol. The second-order valence-electron chi connectivity index (χ2n) is 5.49. The van der Waals surface area contributed by atoms with E-state index in [9.17, 15) is 14.7 Å². The van der Waals surface area contributed by atoms with Crippen molar-refractivity contribution >= 4 is 12.3 Å². The highest BCUT2D eigenvalue weighted by Gasteiger charge is 2.23. The van der Waals surface area contributed by atoms with Crippen molar-refractivity contribution in [2.24, 2.45) is 0 Å². The Bertz CT molecular complexity index is 749. The van der Waals surface area contributed by atoms with E-state index >= 15 is 0 Å². The molecule has 0 saturated carbocycles. The molecule has 1 aromatic carbocycles.